The first kappa shape index (κ1) is 51.2. The number of hydrogen-bond donors (Lipinski definition) is 4. The molecular formula is C45H82O10. The highest BCUT2D eigenvalue weighted by atomic mass is 16.7. The minimum absolute atomic E-state index is 0.142. The first-order chi connectivity index (χ1) is 26.8. The van der Waals surface area contributed by atoms with E-state index in [-0.39, 0.29) is 26.1 Å². The van der Waals surface area contributed by atoms with Crippen molar-refractivity contribution in [2.75, 3.05) is 19.8 Å². The molecular weight excluding hydrogens is 700 g/mol. The standard InChI is InChI=1S/C45H82O10/c1-3-5-7-9-11-13-15-17-19-21-23-25-27-29-31-33-40(47)52-36-38(37-53-45-44(51)43(50)42(49)39(35-46)55-45)54-41(48)34-32-30-28-26-24-22-20-18-16-14-12-10-8-6-4-2/h27-30,38-39,42-46,49-51H,3-26,31-37H2,1-2H3/b29-27+,30-28+/t38-,39-,42+,43?,44?,45-/m0/s1. The number of ether oxygens (including phenoxy) is 4. The van der Waals surface area contributed by atoms with Crippen molar-refractivity contribution in [1.29, 1.82) is 0 Å². The van der Waals surface area contributed by atoms with Crippen molar-refractivity contribution in [3.63, 3.8) is 0 Å². The summed E-state index contributed by atoms with van der Waals surface area (Å²) in [7, 11) is 0. The van der Waals surface area contributed by atoms with Gasteiger partial charge in [0.25, 0.3) is 0 Å². The van der Waals surface area contributed by atoms with E-state index < -0.39 is 55.4 Å². The molecule has 1 aliphatic heterocycles. The first-order valence-electron chi connectivity index (χ1n) is 22.4. The summed E-state index contributed by atoms with van der Waals surface area (Å²) in [5, 5.41) is 40.0. The predicted octanol–water partition coefficient (Wildman–Crippen LogP) is 9.33. The van der Waals surface area contributed by atoms with Gasteiger partial charge in [-0.05, 0) is 38.5 Å². The van der Waals surface area contributed by atoms with Crippen molar-refractivity contribution in [1.82, 2.24) is 0 Å². The van der Waals surface area contributed by atoms with E-state index in [0.717, 1.165) is 25.7 Å². The van der Waals surface area contributed by atoms with E-state index in [1.807, 2.05) is 12.2 Å². The maximum atomic E-state index is 12.7. The van der Waals surface area contributed by atoms with E-state index in [4.69, 9.17) is 18.9 Å². The van der Waals surface area contributed by atoms with Crippen molar-refractivity contribution in [3.05, 3.63) is 24.3 Å². The third-order valence-corrected chi connectivity index (χ3v) is 10.3. The lowest BCUT2D eigenvalue weighted by Gasteiger charge is -2.39. The highest BCUT2D eigenvalue weighted by Gasteiger charge is 2.44. The molecule has 2 unspecified atom stereocenters. The maximum absolute atomic E-state index is 12.7. The molecule has 1 saturated heterocycles. The normalized spacial score (nSPS) is 20.7. The van der Waals surface area contributed by atoms with Crippen molar-refractivity contribution in [3.8, 4) is 0 Å². The van der Waals surface area contributed by atoms with E-state index in [9.17, 15) is 30.0 Å². The van der Waals surface area contributed by atoms with Crippen LogP contribution in [-0.4, -0.2) is 89.0 Å². The van der Waals surface area contributed by atoms with Gasteiger partial charge in [0.15, 0.2) is 12.4 Å². The highest BCUT2D eigenvalue weighted by molar-refractivity contribution is 5.70. The van der Waals surface area contributed by atoms with Gasteiger partial charge in [-0.3, -0.25) is 9.59 Å². The van der Waals surface area contributed by atoms with Gasteiger partial charge < -0.3 is 39.4 Å². The van der Waals surface area contributed by atoms with Crippen LogP contribution in [0.15, 0.2) is 24.3 Å². The largest absolute Gasteiger partial charge is 0.462 e. The number of hydrogen-bond acceptors (Lipinski definition) is 10. The zero-order valence-electron chi connectivity index (χ0n) is 34.9. The minimum Gasteiger partial charge on any atom is -0.462 e. The number of carbonyl (C=O) groups is 2. The molecule has 1 aliphatic rings. The number of aliphatic hydroxyl groups is 4. The fraction of sp³-hybridized carbons (Fsp3) is 0.867. The van der Waals surface area contributed by atoms with Gasteiger partial charge in [0.05, 0.1) is 13.2 Å². The lowest BCUT2D eigenvalue weighted by molar-refractivity contribution is -0.305. The van der Waals surface area contributed by atoms with Gasteiger partial charge in [0.1, 0.15) is 31.0 Å². The zero-order valence-corrected chi connectivity index (χ0v) is 34.9. The molecule has 4 N–H and O–H groups in total. The van der Waals surface area contributed by atoms with Crippen molar-refractivity contribution < 1.29 is 49.0 Å². The molecule has 0 aliphatic carbocycles. The number of unbranched alkanes of at least 4 members (excludes halogenated alkanes) is 22. The summed E-state index contributed by atoms with van der Waals surface area (Å²) in [5.41, 5.74) is 0. The van der Waals surface area contributed by atoms with Crippen molar-refractivity contribution in [2.45, 2.75) is 230 Å². The smallest absolute Gasteiger partial charge is 0.306 e. The van der Waals surface area contributed by atoms with E-state index >= 15 is 0 Å². The van der Waals surface area contributed by atoms with Crippen LogP contribution in [0.25, 0.3) is 0 Å². The zero-order chi connectivity index (χ0) is 40.2. The van der Waals surface area contributed by atoms with Gasteiger partial charge in [0, 0.05) is 12.8 Å². The molecule has 1 fully saturated rings. The molecule has 0 bridgehead atoms. The van der Waals surface area contributed by atoms with Gasteiger partial charge in [-0.2, -0.15) is 0 Å². The fourth-order valence-electron chi connectivity index (χ4n) is 6.75. The molecule has 0 aromatic heterocycles. The molecule has 0 spiro atoms. The molecule has 0 radical (unpaired) electrons. The summed E-state index contributed by atoms with van der Waals surface area (Å²) in [4.78, 5) is 25.2. The van der Waals surface area contributed by atoms with Gasteiger partial charge >= 0.3 is 11.9 Å². The Morgan fingerprint density at radius 3 is 1.42 bits per heavy atom. The fourth-order valence-corrected chi connectivity index (χ4v) is 6.75. The van der Waals surface area contributed by atoms with Crippen LogP contribution >= 0.6 is 0 Å². The number of esters is 2. The molecule has 1 rings (SSSR count). The second-order valence-corrected chi connectivity index (χ2v) is 15.5. The molecule has 322 valence electrons. The number of rotatable bonds is 37. The molecule has 10 heteroatoms. The van der Waals surface area contributed by atoms with Crippen LogP contribution in [-0.2, 0) is 28.5 Å². The Labute approximate surface area is 334 Å². The second-order valence-electron chi connectivity index (χ2n) is 15.5. The lowest BCUT2D eigenvalue weighted by Crippen LogP contribution is -2.59. The summed E-state index contributed by atoms with van der Waals surface area (Å²) in [6.45, 7) is 3.36. The van der Waals surface area contributed by atoms with E-state index in [0.29, 0.717) is 12.8 Å². The third-order valence-electron chi connectivity index (χ3n) is 10.3. The van der Waals surface area contributed by atoms with Gasteiger partial charge in [-0.25, -0.2) is 0 Å². The summed E-state index contributed by atoms with van der Waals surface area (Å²) >= 11 is 0. The average Bonchev–Trinajstić information content (AvgIpc) is 3.18. The summed E-state index contributed by atoms with van der Waals surface area (Å²) in [6, 6.07) is 0. The molecule has 0 saturated carbocycles. The van der Waals surface area contributed by atoms with E-state index in [1.165, 1.54) is 128 Å². The predicted molar refractivity (Wildman–Crippen MR) is 219 cm³/mol. The average molecular weight is 783 g/mol. The molecule has 1 heterocycles. The third kappa shape index (κ3) is 28.3. The van der Waals surface area contributed by atoms with E-state index in [2.05, 4.69) is 26.0 Å². The Morgan fingerprint density at radius 1 is 0.545 bits per heavy atom. The number of aliphatic hydroxyl groups excluding tert-OH is 4. The molecule has 6 atom stereocenters. The Balaban J connectivity index is 2.37. The molecule has 10 nitrogen and oxygen atoms in total. The van der Waals surface area contributed by atoms with Gasteiger partial charge in [0.2, 0.25) is 0 Å². The molecule has 0 aromatic rings. The summed E-state index contributed by atoms with van der Waals surface area (Å²) in [5.74, 6) is -0.915. The summed E-state index contributed by atoms with van der Waals surface area (Å²) < 4.78 is 22.0. The number of allylic oxidation sites excluding steroid dienone is 4. The van der Waals surface area contributed by atoms with Gasteiger partial charge in [-0.15, -0.1) is 0 Å². The maximum Gasteiger partial charge on any atom is 0.306 e. The van der Waals surface area contributed by atoms with Crippen molar-refractivity contribution in [2.24, 2.45) is 0 Å². The Hall–Kier alpha value is -1.82. The van der Waals surface area contributed by atoms with Crippen LogP contribution in [0.1, 0.15) is 194 Å². The second kappa shape index (κ2) is 36.5. The van der Waals surface area contributed by atoms with Crippen LogP contribution in [0.2, 0.25) is 0 Å². The monoisotopic (exact) mass is 783 g/mol. The highest BCUT2D eigenvalue weighted by Crippen LogP contribution is 2.22. The first-order valence-corrected chi connectivity index (χ1v) is 22.4. The minimum atomic E-state index is -1.60. The van der Waals surface area contributed by atoms with Crippen LogP contribution in [0, 0.1) is 0 Å². The van der Waals surface area contributed by atoms with Gasteiger partial charge in [-0.1, -0.05) is 167 Å². The van der Waals surface area contributed by atoms with Crippen LogP contribution in [0.4, 0.5) is 0 Å². The van der Waals surface area contributed by atoms with Crippen LogP contribution in [0.3, 0.4) is 0 Å². The van der Waals surface area contributed by atoms with Crippen LogP contribution in [0.5, 0.6) is 0 Å². The van der Waals surface area contributed by atoms with Crippen LogP contribution < -0.4 is 0 Å². The quantitative estimate of drug-likeness (QED) is 0.0273. The molecule has 55 heavy (non-hydrogen) atoms. The Bertz CT molecular complexity index is 954. The number of carbonyl (C=O) groups excluding carboxylic acids is 2. The lowest BCUT2D eigenvalue weighted by atomic mass is 9.99. The topological polar surface area (TPSA) is 152 Å². The molecule has 0 aromatic carbocycles. The van der Waals surface area contributed by atoms with Crippen molar-refractivity contribution >= 4 is 11.9 Å². The Kier molecular flexibility index (Phi) is 34.0. The van der Waals surface area contributed by atoms with E-state index in [1.54, 1.807) is 0 Å². The SMILES string of the molecule is CCCCCCCCCCCCC/C=C/CCC(=O)OC[C@@H](CO[C@H]1O[C@@H](CO)[C@@H](O)C(O)C1O)OC(=O)CC/C=C/CCCCCCCCCCCCC. The summed E-state index contributed by atoms with van der Waals surface area (Å²) in [6.07, 6.45) is 32.1. The Morgan fingerprint density at radius 2 is 0.964 bits per heavy atom. The molecule has 0 amide bonds.